The predicted molar refractivity (Wildman–Crippen MR) is 87.3 cm³/mol. The van der Waals surface area contributed by atoms with Crippen LogP contribution in [0.4, 0.5) is 19.3 Å². The molecule has 7 heteroatoms. The Morgan fingerprint density at radius 1 is 1.08 bits per heavy atom. The Balaban J connectivity index is 1.77. The van der Waals surface area contributed by atoms with Crippen molar-refractivity contribution in [3.05, 3.63) is 64.7 Å². The highest BCUT2D eigenvalue weighted by molar-refractivity contribution is 6.04. The minimum absolute atomic E-state index is 0.0211. The molecule has 0 saturated heterocycles. The molecule has 1 N–H and O–H groups in total. The van der Waals surface area contributed by atoms with Crippen molar-refractivity contribution in [1.82, 2.24) is 4.90 Å². The van der Waals surface area contributed by atoms with Gasteiger partial charge in [0.05, 0.1) is 7.11 Å². The van der Waals surface area contributed by atoms with E-state index in [4.69, 9.17) is 4.74 Å². The lowest BCUT2D eigenvalue weighted by atomic mass is 9.99. The van der Waals surface area contributed by atoms with E-state index >= 15 is 0 Å². The number of fused-ring (bicyclic) bond motifs is 1. The van der Waals surface area contributed by atoms with Crippen molar-refractivity contribution < 1.29 is 23.1 Å². The second-order valence-corrected chi connectivity index (χ2v) is 5.71. The number of anilines is 1. The van der Waals surface area contributed by atoms with E-state index in [0.29, 0.717) is 25.2 Å². The molecule has 5 nitrogen and oxygen atoms in total. The number of nitrogens with one attached hydrogen (secondary N) is 1. The van der Waals surface area contributed by atoms with E-state index in [1.807, 2.05) is 6.07 Å². The molecule has 2 amide bonds. The Kier molecular flexibility index (Phi) is 4.65. The Hall–Kier alpha value is -2.96. The van der Waals surface area contributed by atoms with Gasteiger partial charge in [-0.05, 0) is 47.9 Å². The topological polar surface area (TPSA) is 58.6 Å². The van der Waals surface area contributed by atoms with Crippen LogP contribution in [-0.2, 0) is 17.7 Å². The van der Waals surface area contributed by atoms with E-state index < -0.39 is 23.6 Å². The summed E-state index contributed by atoms with van der Waals surface area (Å²) in [7, 11) is 1.33. The molecule has 2 aromatic rings. The molecule has 25 heavy (non-hydrogen) atoms. The zero-order chi connectivity index (χ0) is 18.0. The van der Waals surface area contributed by atoms with Gasteiger partial charge in [0, 0.05) is 24.3 Å². The number of halogens is 2. The van der Waals surface area contributed by atoms with Crippen molar-refractivity contribution in [2.24, 2.45) is 0 Å². The quantitative estimate of drug-likeness (QED) is 0.907. The van der Waals surface area contributed by atoms with Crippen molar-refractivity contribution in [1.29, 1.82) is 0 Å². The lowest BCUT2D eigenvalue weighted by Crippen LogP contribution is -2.35. The van der Waals surface area contributed by atoms with Crippen molar-refractivity contribution in [2.45, 2.75) is 13.0 Å². The maximum atomic E-state index is 13.3. The average Bonchev–Trinajstić information content (AvgIpc) is 2.62. The summed E-state index contributed by atoms with van der Waals surface area (Å²) < 4.78 is 30.9. The Morgan fingerprint density at radius 2 is 1.88 bits per heavy atom. The van der Waals surface area contributed by atoms with Crippen molar-refractivity contribution >= 4 is 17.7 Å². The lowest BCUT2D eigenvalue weighted by Gasteiger charge is -2.28. The van der Waals surface area contributed by atoms with Crippen LogP contribution >= 0.6 is 0 Å². The molecule has 1 heterocycles. The number of benzene rings is 2. The largest absolute Gasteiger partial charge is 0.453 e. The lowest BCUT2D eigenvalue weighted by molar-refractivity contribution is 0.102. The molecule has 2 aromatic carbocycles. The van der Waals surface area contributed by atoms with Gasteiger partial charge in [0.25, 0.3) is 5.91 Å². The van der Waals surface area contributed by atoms with Crippen LogP contribution in [0.25, 0.3) is 0 Å². The third-order valence-electron chi connectivity index (χ3n) is 4.09. The molecule has 0 atom stereocenters. The summed E-state index contributed by atoms with van der Waals surface area (Å²) >= 11 is 0. The van der Waals surface area contributed by atoms with Gasteiger partial charge in [-0.2, -0.15) is 0 Å². The third kappa shape index (κ3) is 3.60. The molecule has 0 bridgehead atoms. The number of hydrogen-bond donors (Lipinski definition) is 1. The number of carbonyl (C=O) groups excluding carboxylic acids is 2. The van der Waals surface area contributed by atoms with Gasteiger partial charge < -0.3 is 15.0 Å². The second kappa shape index (κ2) is 6.88. The smallest absolute Gasteiger partial charge is 0.409 e. The summed E-state index contributed by atoms with van der Waals surface area (Å²) in [6.07, 6.45) is 0.295. The molecule has 0 unspecified atom stereocenters. The first kappa shape index (κ1) is 16.9. The van der Waals surface area contributed by atoms with E-state index in [9.17, 15) is 18.4 Å². The van der Waals surface area contributed by atoms with E-state index in [-0.39, 0.29) is 5.56 Å². The standard InChI is InChI=1S/C18H16F2N2O3/c1-25-18(24)22-7-6-11-2-4-14(8-13(11)10-22)21-17(23)12-3-5-15(19)16(20)9-12/h2-5,8-9H,6-7,10H2,1H3,(H,21,23). The summed E-state index contributed by atoms with van der Waals surface area (Å²) in [6, 6.07) is 8.36. The Morgan fingerprint density at radius 3 is 2.60 bits per heavy atom. The highest BCUT2D eigenvalue weighted by Gasteiger charge is 2.21. The molecule has 1 aliphatic rings. The van der Waals surface area contributed by atoms with E-state index in [1.54, 1.807) is 17.0 Å². The predicted octanol–water partition coefficient (Wildman–Crippen LogP) is 3.34. The fourth-order valence-electron chi connectivity index (χ4n) is 2.76. The molecule has 0 fully saturated rings. The molecule has 130 valence electrons. The SMILES string of the molecule is COC(=O)N1CCc2ccc(NC(=O)c3ccc(F)c(F)c3)cc2C1. The molecule has 3 rings (SSSR count). The Labute approximate surface area is 143 Å². The van der Waals surface area contributed by atoms with Gasteiger partial charge in [0.2, 0.25) is 0 Å². The first-order valence-electron chi connectivity index (χ1n) is 7.69. The fourth-order valence-corrected chi connectivity index (χ4v) is 2.76. The highest BCUT2D eigenvalue weighted by atomic mass is 19.2. The number of methoxy groups -OCH3 is 1. The minimum atomic E-state index is -1.08. The van der Waals surface area contributed by atoms with Crippen LogP contribution in [0.1, 0.15) is 21.5 Å². The van der Waals surface area contributed by atoms with Gasteiger partial charge in [0.1, 0.15) is 0 Å². The molecular weight excluding hydrogens is 330 g/mol. The average molecular weight is 346 g/mol. The van der Waals surface area contributed by atoms with Crippen molar-refractivity contribution in [3.63, 3.8) is 0 Å². The number of rotatable bonds is 2. The third-order valence-corrected chi connectivity index (χ3v) is 4.09. The Bertz CT molecular complexity index is 839. The van der Waals surface area contributed by atoms with Gasteiger partial charge in [-0.1, -0.05) is 6.07 Å². The first-order valence-corrected chi connectivity index (χ1v) is 7.69. The summed E-state index contributed by atoms with van der Waals surface area (Å²) in [5.41, 5.74) is 2.53. The highest BCUT2D eigenvalue weighted by Crippen LogP contribution is 2.23. The van der Waals surface area contributed by atoms with Crippen molar-refractivity contribution in [2.75, 3.05) is 19.0 Å². The van der Waals surface area contributed by atoms with Gasteiger partial charge in [0.15, 0.2) is 11.6 Å². The summed E-state index contributed by atoms with van der Waals surface area (Å²) in [5, 5.41) is 2.65. The first-order chi connectivity index (χ1) is 12.0. The van der Waals surface area contributed by atoms with Gasteiger partial charge in [-0.25, -0.2) is 13.6 Å². The van der Waals surface area contributed by atoms with Crippen molar-refractivity contribution in [3.8, 4) is 0 Å². The van der Waals surface area contributed by atoms with Gasteiger partial charge >= 0.3 is 6.09 Å². The molecule has 0 aliphatic carbocycles. The van der Waals surface area contributed by atoms with E-state index in [0.717, 1.165) is 23.3 Å². The summed E-state index contributed by atoms with van der Waals surface area (Å²) in [6.45, 7) is 0.955. The zero-order valence-electron chi connectivity index (χ0n) is 13.5. The number of ether oxygens (including phenoxy) is 1. The second-order valence-electron chi connectivity index (χ2n) is 5.71. The normalized spacial score (nSPS) is 13.2. The molecular formula is C18H16F2N2O3. The molecule has 0 aromatic heterocycles. The van der Waals surface area contributed by atoms with Gasteiger partial charge in [-0.15, -0.1) is 0 Å². The van der Waals surface area contributed by atoms with E-state index in [2.05, 4.69) is 5.32 Å². The molecule has 0 saturated carbocycles. The summed E-state index contributed by atoms with van der Waals surface area (Å²) in [4.78, 5) is 25.4. The van der Waals surface area contributed by atoms with Crippen LogP contribution in [0.5, 0.6) is 0 Å². The summed E-state index contributed by atoms with van der Waals surface area (Å²) in [5.74, 6) is -2.63. The number of amides is 2. The monoisotopic (exact) mass is 346 g/mol. The maximum Gasteiger partial charge on any atom is 0.409 e. The van der Waals surface area contributed by atoms with E-state index in [1.165, 1.54) is 13.2 Å². The molecule has 0 radical (unpaired) electrons. The number of nitrogens with zero attached hydrogens (tertiary/aromatic N) is 1. The van der Waals surface area contributed by atoms with Crippen LogP contribution in [0.2, 0.25) is 0 Å². The van der Waals surface area contributed by atoms with Crippen LogP contribution in [0, 0.1) is 11.6 Å². The minimum Gasteiger partial charge on any atom is -0.453 e. The molecule has 1 aliphatic heterocycles. The van der Waals surface area contributed by atoms with Crippen LogP contribution in [0.3, 0.4) is 0 Å². The zero-order valence-corrected chi connectivity index (χ0v) is 13.5. The number of hydrogen-bond acceptors (Lipinski definition) is 3. The van der Waals surface area contributed by atoms with Crippen LogP contribution in [-0.4, -0.2) is 30.6 Å². The fraction of sp³-hybridized carbons (Fsp3) is 0.222. The number of carbonyl (C=O) groups is 2. The molecule has 0 spiro atoms. The van der Waals surface area contributed by atoms with Crippen LogP contribution < -0.4 is 5.32 Å². The maximum absolute atomic E-state index is 13.3. The van der Waals surface area contributed by atoms with Gasteiger partial charge in [-0.3, -0.25) is 4.79 Å². The van der Waals surface area contributed by atoms with Crippen LogP contribution in [0.15, 0.2) is 36.4 Å².